The molecule has 0 saturated carbocycles. The Hall–Kier alpha value is -2.46. The number of carbonyl (C=O) groups excluding carboxylic acids is 1. The Morgan fingerprint density at radius 1 is 1.13 bits per heavy atom. The Kier molecular flexibility index (Phi) is 3.27. The van der Waals surface area contributed by atoms with Crippen molar-refractivity contribution in [2.45, 2.75) is 19.9 Å². The number of nitrogens with zero attached hydrogens (tertiary/aromatic N) is 1. The lowest BCUT2D eigenvalue weighted by atomic mass is 9.95. The quantitative estimate of drug-likeness (QED) is 0.669. The summed E-state index contributed by atoms with van der Waals surface area (Å²) in [5.41, 5.74) is 3.87. The van der Waals surface area contributed by atoms with Crippen molar-refractivity contribution >= 4 is 17.1 Å². The lowest BCUT2D eigenvalue weighted by molar-refractivity contribution is 0.101. The van der Waals surface area contributed by atoms with Crippen LogP contribution in [0.5, 0.6) is 0 Å². The first kappa shape index (κ1) is 14.2. The highest BCUT2D eigenvalue weighted by atomic mass is 32.1. The molecular formula is C19H15NO2S. The fourth-order valence-electron chi connectivity index (χ4n) is 3.22. The number of thiophene rings is 1. The number of ketones is 1. The summed E-state index contributed by atoms with van der Waals surface area (Å²) in [6.07, 6.45) is 0.843. The third-order valence-electron chi connectivity index (χ3n) is 4.32. The summed E-state index contributed by atoms with van der Waals surface area (Å²) >= 11 is 1.69. The van der Waals surface area contributed by atoms with Gasteiger partial charge in [0.05, 0.1) is 5.69 Å². The van der Waals surface area contributed by atoms with Crippen LogP contribution in [0, 0.1) is 0 Å². The van der Waals surface area contributed by atoms with E-state index in [1.807, 2.05) is 41.8 Å². The number of hydrogen-bond donors (Lipinski definition) is 0. The van der Waals surface area contributed by atoms with Crippen LogP contribution < -0.4 is 5.56 Å². The summed E-state index contributed by atoms with van der Waals surface area (Å²) in [5, 5.41) is 2.03. The SMILES string of the molecule is CC(=O)c1cc(-c2ccccc2)c(=O)n2c1-c1ccsc1CC2. The van der Waals surface area contributed by atoms with Gasteiger partial charge in [-0.15, -0.1) is 11.3 Å². The molecule has 0 spiro atoms. The molecular weight excluding hydrogens is 306 g/mol. The van der Waals surface area contributed by atoms with Crippen molar-refractivity contribution in [2.24, 2.45) is 0 Å². The fraction of sp³-hybridized carbons (Fsp3) is 0.158. The summed E-state index contributed by atoms with van der Waals surface area (Å²) in [6, 6.07) is 13.3. The number of aromatic nitrogens is 1. The van der Waals surface area contributed by atoms with Crippen molar-refractivity contribution in [3.05, 3.63) is 68.6 Å². The minimum Gasteiger partial charge on any atom is -0.307 e. The van der Waals surface area contributed by atoms with Crippen molar-refractivity contribution in [3.8, 4) is 22.4 Å². The largest absolute Gasteiger partial charge is 0.307 e. The first-order valence-electron chi connectivity index (χ1n) is 7.58. The maximum atomic E-state index is 13.0. The van der Waals surface area contributed by atoms with E-state index in [1.165, 1.54) is 4.88 Å². The van der Waals surface area contributed by atoms with Gasteiger partial charge in [0, 0.05) is 34.5 Å². The number of rotatable bonds is 2. The van der Waals surface area contributed by atoms with Crippen LogP contribution in [0.4, 0.5) is 0 Å². The van der Waals surface area contributed by atoms with Gasteiger partial charge in [0.25, 0.3) is 5.56 Å². The molecule has 0 unspecified atom stereocenters. The molecule has 0 N–H and O–H groups in total. The summed E-state index contributed by atoms with van der Waals surface area (Å²) in [6.45, 7) is 2.19. The number of fused-ring (bicyclic) bond motifs is 3. The van der Waals surface area contributed by atoms with Gasteiger partial charge in [-0.3, -0.25) is 9.59 Å². The van der Waals surface area contributed by atoms with Crippen LogP contribution >= 0.6 is 11.3 Å². The average Bonchev–Trinajstić information content (AvgIpc) is 3.04. The first-order chi connectivity index (χ1) is 11.2. The van der Waals surface area contributed by atoms with Gasteiger partial charge in [0.1, 0.15) is 0 Å². The molecule has 2 aromatic heterocycles. The molecule has 3 heterocycles. The Labute approximate surface area is 137 Å². The van der Waals surface area contributed by atoms with Crippen molar-refractivity contribution in [1.29, 1.82) is 0 Å². The van der Waals surface area contributed by atoms with Gasteiger partial charge in [-0.2, -0.15) is 0 Å². The van der Waals surface area contributed by atoms with Crippen LogP contribution in [0.1, 0.15) is 22.2 Å². The van der Waals surface area contributed by atoms with Crippen molar-refractivity contribution in [1.82, 2.24) is 4.57 Å². The maximum absolute atomic E-state index is 13.0. The summed E-state index contributed by atoms with van der Waals surface area (Å²) in [5.74, 6) is -0.00928. The molecule has 1 aliphatic heterocycles. The molecule has 0 aliphatic carbocycles. The number of carbonyl (C=O) groups is 1. The fourth-order valence-corrected chi connectivity index (χ4v) is 4.09. The second kappa shape index (κ2) is 5.32. The normalized spacial score (nSPS) is 12.6. The van der Waals surface area contributed by atoms with Crippen LogP contribution in [0.15, 0.2) is 52.6 Å². The van der Waals surface area contributed by atoms with E-state index in [-0.39, 0.29) is 11.3 Å². The van der Waals surface area contributed by atoms with Gasteiger partial charge in [0.2, 0.25) is 0 Å². The molecule has 0 bridgehead atoms. The summed E-state index contributed by atoms with van der Waals surface area (Å²) in [4.78, 5) is 26.5. The molecule has 0 fully saturated rings. The molecule has 0 atom stereocenters. The molecule has 4 rings (SSSR count). The van der Waals surface area contributed by atoms with E-state index in [1.54, 1.807) is 28.9 Å². The molecule has 0 saturated heterocycles. The lowest BCUT2D eigenvalue weighted by Crippen LogP contribution is -2.28. The molecule has 0 radical (unpaired) electrons. The zero-order valence-corrected chi connectivity index (χ0v) is 13.5. The Morgan fingerprint density at radius 3 is 2.65 bits per heavy atom. The average molecular weight is 321 g/mol. The highest BCUT2D eigenvalue weighted by Crippen LogP contribution is 2.35. The van der Waals surface area contributed by atoms with E-state index >= 15 is 0 Å². The van der Waals surface area contributed by atoms with Crippen LogP contribution in [-0.4, -0.2) is 10.4 Å². The van der Waals surface area contributed by atoms with Crippen molar-refractivity contribution in [3.63, 3.8) is 0 Å². The third-order valence-corrected chi connectivity index (χ3v) is 5.30. The number of aryl methyl sites for hydroxylation is 1. The minimum atomic E-state index is -0.0203. The molecule has 0 amide bonds. The van der Waals surface area contributed by atoms with Gasteiger partial charge in [-0.25, -0.2) is 0 Å². The van der Waals surface area contributed by atoms with Gasteiger partial charge in [0.15, 0.2) is 5.78 Å². The van der Waals surface area contributed by atoms with Crippen LogP contribution in [0.25, 0.3) is 22.4 Å². The number of pyridine rings is 1. The van der Waals surface area contributed by atoms with Crippen LogP contribution in [0.2, 0.25) is 0 Å². The lowest BCUT2D eigenvalue weighted by Gasteiger charge is -2.22. The van der Waals surface area contributed by atoms with E-state index in [4.69, 9.17) is 0 Å². The Balaban J connectivity index is 2.07. The first-order valence-corrected chi connectivity index (χ1v) is 8.45. The molecule has 1 aromatic carbocycles. The maximum Gasteiger partial charge on any atom is 0.258 e. The minimum absolute atomic E-state index is 0.00928. The predicted octanol–water partition coefficient (Wildman–Crippen LogP) is 4.00. The van der Waals surface area contributed by atoms with Crippen molar-refractivity contribution in [2.75, 3.05) is 0 Å². The van der Waals surface area contributed by atoms with Crippen LogP contribution in [-0.2, 0) is 13.0 Å². The second-order valence-electron chi connectivity index (χ2n) is 5.71. The highest BCUT2D eigenvalue weighted by molar-refractivity contribution is 7.10. The number of hydrogen-bond acceptors (Lipinski definition) is 3. The number of Topliss-reactive ketones (excluding diaryl/α,β-unsaturated/α-hetero) is 1. The van der Waals surface area contributed by atoms with Crippen molar-refractivity contribution < 1.29 is 4.79 Å². The van der Waals surface area contributed by atoms with Gasteiger partial charge < -0.3 is 4.57 Å². The molecule has 1 aliphatic rings. The van der Waals surface area contributed by atoms with E-state index < -0.39 is 0 Å². The standard InChI is InChI=1S/C19H15NO2S/c1-12(21)15-11-16(13-5-3-2-4-6-13)19(22)20-9-7-17-14(18(15)20)8-10-23-17/h2-6,8,10-11H,7,9H2,1H3. The zero-order valence-electron chi connectivity index (χ0n) is 12.7. The van der Waals surface area contributed by atoms with E-state index in [0.717, 1.165) is 23.2 Å². The predicted molar refractivity (Wildman–Crippen MR) is 93.2 cm³/mol. The molecule has 3 nitrogen and oxygen atoms in total. The van der Waals surface area contributed by atoms with E-state index in [2.05, 4.69) is 0 Å². The van der Waals surface area contributed by atoms with Gasteiger partial charge in [-0.1, -0.05) is 30.3 Å². The monoisotopic (exact) mass is 321 g/mol. The van der Waals surface area contributed by atoms with Crippen LogP contribution in [0.3, 0.4) is 0 Å². The summed E-state index contributed by atoms with van der Waals surface area (Å²) < 4.78 is 1.77. The van der Waals surface area contributed by atoms with E-state index in [0.29, 0.717) is 17.7 Å². The van der Waals surface area contributed by atoms with Gasteiger partial charge in [-0.05, 0) is 30.0 Å². The molecule has 23 heavy (non-hydrogen) atoms. The molecule has 3 aromatic rings. The smallest absolute Gasteiger partial charge is 0.258 e. The number of benzene rings is 1. The second-order valence-corrected chi connectivity index (χ2v) is 6.71. The topological polar surface area (TPSA) is 39.1 Å². The third kappa shape index (κ3) is 2.18. The molecule has 4 heteroatoms. The Morgan fingerprint density at radius 2 is 1.91 bits per heavy atom. The summed E-state index contributed by atoms with van der Waals surface area (Å²) in [7, 11) is 0. The van der Waals surface area contributed by atoms with E-state index in [9.17, 15) is 9.59 Å². The Bertz CT molecular complexity index is 967. The zero-order chi connectivity index (χ0) is 16.0. The van der Waals surface area contributed by atoms with Gasteiger partial charge >= 0.3 is 0 Å². The highest BCUT2D eigenvalue weighted by Gasteiger charge is 2.25. The molecule has 114 valence electrons.